The van der Waals surface area contributed by atoms with Crippen molar-refractivity contribution >= 4 is 35.4 Å². The van der Waals surface area contributed by atoms with Gasteiger partial charge in [0.1, 0.15) is 6.67 Å². The molecule has 1 aromatic heterocycles. The molecule has 4 N–H and O–H groups in total. The van der Waals surface area contributed by atoms with Gasteiger partial charge in [-0.1, -0.05) is 24.0 Å². The molecular formula is C5H10N6S2. The molecular weight excluding hydrogens is 208 g/mol. The topological polar surface area (TPSA) is 86.0 Å². The summed E-state index contributed by atoms with van der Waals surface area (Å²) in [5, 5.41) is 5.99. The van der Waals surface area contributed by atoms with E-state index in [9.17, 15) is 0 Å². The van der Waals surface area contributed by atoms with Crippen LogP contribution < -0.4 is 11.6 Å². The van der Waals surface area contributed by atoms with Crippen molar-refractivity contribution in [3.63, 3.8) is 0 Å². The molecule has 0 saturated carbocycles. The molecule has 1 aromatic rings. The Hall–Kier alpha value is -0.860. The van der Waals surface area contributed by atoms with Gasteiger partial charge in [-0.25, -0.2) is 10.5 Å². The number of nitrogen functional groups attached to an aromatic ring is 1. The molecule has 0 bridgehead atoms. The number of nitrogens with two attached hydrogens (primary N) is 2. The summed E-state index contributed by atoms with van der Waals surface area (Å²) in [6.45, 7) is 0.308. The fraction of sp³-hybridized carbons (Fsp3) is 0.400. The molecule has 0 fully saturated rings. The molecule has 6 nitrogen and oxygen atoms in total. The Morgan fingerprint density at radius 2 is 2.46 bits per heavy atom. The van der Waals surface area contributed by atoms with Gasteiger partial charge < -0.3 is 5.73 Å². The largest absolute Gasteiger partial charge is 0.368 e. The second kappa shape index (κ2) is 4.40. The summed E-state index contributed by atoms with van der Waals surface area (Å²) in [5.74, 6) is 5.78. The maximum Gasteiger partial charge on any atom is 0.221 e. The molecule has 13 heavy (non-hydrogen) atoms. The summed E-state index contributed by atoms with van der Waals surface area (Å²) in [7, 11) is 0. The van der Waals surface area contributed by atoms with Crippen LogP contribution in [0.15, 0.2) is 5.16 Å². The van der Waals surface area contributed by atoms with Crippen LogP contribution >= 0.6 is 24.0 Å². The number of thioether (sulfide) groups is 1. The zero-order valence-corrected chi connectivity index (χ0v) is 8.68. The third-order valence-electron chi connectivity index (χ3n) is 1.30. The molecule has 0 spiro atoms. The number of hydrogen-bond donors (Lipinski definition) is 2. The summed E-state index contributed by atoms with van der Waals surface area (Å²) in [5.41, 5.74) is 6.89. The summed E-state index contributed by atoms with van der Waals surface area (Å²) in [6.07, 6.45) is 1.87. The van der Waals surface area contributed by atoms with Gasteiger partial charge in [0, 0.05) is 0 Å². The molecule has 1 rings (SSSR count). The minimum Gasteiger partial charge on any atom is -0.368 e. The molecule has 8 heteroatoms. The van der Waals surface area contributed by atoms with E-state index in [1.807, 2.05) is 6.26 Å². The number of hydrazine groups is 1. The Morgan fingerprint density at radius 1 is 1.77 bits per heavy atom. The van der Waals surface area contributed by atoms with E-state index >= 15 is 0 Å². The third-order valence-corrected chi connectivity index (χ3v) is 2.11. The molecule has 0 atom stereocenters. The molecule has 1 heterocycles. The molecule has 0 aromatic carbocycles. The predicted octanol–water partition coefficient (Wildman–Crippen LogP) is -0.327. The maximum absolute atomic E-state index is 5.57. The first-order valence-electron chi connectivity index (χ1n) is 3.38. The molecule has 0 unspecified atom stereocenters. The highest BCUT2D eigenvalue weighted by molar-refractivity contribution is 7.98. The summed E-state index contributed by atoms with van der Waals surface area (Å²) in [6, 6.07) is 0. The van der Waals surface area contributed by atoms with Crippen molar-refractivity contribution in [1.29, 1.82) is 0 Å². The Balaban J connectivity index is 2.76. The standard InChI is InChI=1S/C5H10N6S2/c1-13-5-8-4(6)11(9-5)2-10(7)3-12/h3H,2,7H2,1H3,(H2,6,8,9). The van der Waals surface area contributed by atoms with Crippen LogP contribution in [0, 0.1) is 0 Å². The summed E-state index contributed by atoms with van der Waals surface area (Å²) in [4.78, 5) is 3.98. The van der Waals surface area contributed by atoms with Crippen molar-refractivity contribution in [3.05, 3.63) is 0 Å². The second-order valence-corrected chi connectivity index (χ2v) is 3.20. The lowest BCUT2D eigenvalue weighted by Gasteiger charge is -2.11. The van der Waals surface area contributed by atoms with Crippen LogP contribution in [0.2, 0.25) is 0 Å². The minimum atomic E-state index is 0.308. The number of rotatable bonds is 4. The van der Waals surface area contributed by atoms with Gasteiger partial charge in [-0.2, -0.15) is 4.98 Å². The Kier molecular flexibility index (Phi) is 3.46. The average molecular weight is 218 g/mol. The van der Waals surface area contributed by atoms with Crippen LogP contribution in [0.1, 0.15) is 0 Å². The van der Waals surface area contributed by atoms with Crippen molar-refractivity contribution < 1.29 is 0 Å². The fourth-order valence-electron chi connectivity index (χ4n) is 0.711. The van der Waals surface area contributed by atoms with Crippen molar-refractivity contribution in [1.82, 2.24) is 19.8 Å². The molecule has 72 valence electrons. The molecule has 0 aliphatic heterocycles. The molecule has 0 saturated heterocycles. The SMILES string of the molecule is CSc1nc(N)n(CN(N)C=S)n1. The van der Waals surface area contributed by atoms with E-state index in [2.05, 4.69) is 22.3 Å². The first-order chi connectivity index (χ1) is 6.17. The van der Waals surface area contributed by atoms with Crippen molar-refractivity contribution in [2.24, 2.45) is 5.84 Å². The number of aromatic nitrogens is 3. The number of thiocarbonyl (C=S) groups is 1. The van der Waals surface area contributed by atoms with Gasteiger partial charge in [0.15, 0.2) is 0 Å². The Labute approximate surface area is 85.2 Å². The quantitative estimate of drug-likeness (QED) is 0.310. The number of anilines is 1. The monoisotopic (exact) mass is 218 g/mol. The van der Waals surface area contributed by atoms with Crippen LogP contribution in [0.5, 0.6) is 0 Å². The lowest BCUT2D eigenvalue weighted by molar-refractivity contribution is 0.346. The van der Waals surface area contributed by atoms with Gasteiger partial charge in [0.05, 0.1) is 5.49 Å². The lowest BCUT2D eigenvalue weighted by atomic mass is 10.9. The van der Waals surface area contributed by atoms with E-state index < -0.39 is 0 Å². The third kappa shape index (κ3) is 2.54. The van der Waals surface area contributed by atoms with Crippen LogP contribution in [-0.2, 0) is 6.67 Å². The zero-order valence-electron chi connectivity index (χ0n) is 7.04. The molecule has 0 aliphatic rings. The van der Waals surface area contributed by atoms with Gasteiger partial charge in [0.2, 0.25) is 11.1 Å². The van der Waals surface area contributed by atoms with Crippen LogP contribution in [0.25, 0.3) is 0 Å². The predicted molar refractivity (Wildman–Crippen MR) is 55.9 cm³/mol. The molecule has 0 radical (unpaired) electrons. The highest BCUT2D eigenvalue weighted by Crippen LogP contribution is 2.10. The minimum absolute atomic E-state index is 0.308. The average Bonchev–Trinajstić information content (AvgIpc) is 2.47. The lowest BCUT2D eigenvalue weighted by Crippen LogP contribution is -2.31. The zero-order chi connectivity index (χ0) is 9.84. The van der Waals surface area contributed by atoms with E-state index in [1.165, 1.54) is 26.9 Å². The van der Waals surface area contributed by atoms with Gasteiger partial charge in [-0.05, 0) is 6.26 Å². The number of nitrogens with zero attached hydrogens (tertiary/aromatic N) is 4. The van der Waals surface area contributed by atoms with Crippen LogP contribution in [-0.4, -0.2) is 31.5 Å². The summed E-state index contributed by atoms with van der Waals surface area (Å²) < 4.78 is 1.48. The van der Waals surface area contributed by atoms with Crippen molar-refractivity contribution in [2.45, 2.75) is 11.8 Å². The summed E-state index contributed by atoms with van der Waals surface area (Å²) >= 11 is 6.04. The van der Waals surface area contributed by atoms with E-state index in [0.29, 0.717) is 17.8 Å². The Morgan fingerprint density at radius 3 is 2.92 bits per heavy atom. The van der Waals surface area contributed by atoms with E-state index in [4.69, 9.17) is 11.6 Å². The highest BCUT2D eigenvalue weighted by Gasteiger charge is 2.06. The van der Waals surface area contributed by atoms with Crippen molar-refractivity contribution in [2.75, 3.05) is 12.0 Å². The highest BCUT2D eigenvalue weighted by atomic mass is 32.2. The smallest absolute Gasteiger partial charge is 0.221 e. The van der Waals surface area contributed by atoms with E-state index in [1.54, 1.807) is 0 Å². The maximum atomic E-state index is 5.57. The van der Waals surface area contributed by atoms with Gasteiger partial charge in [0.25, 0.3) is 0 Å². The first-order valence-corrected chi connectivity index (χ1v) is 5.08. The fourth-order valence-corrected chi connectivity index (χ4v) is 1.14. The van der Waals surface area contributed by atoms with E-state index in [-0.39, 0.29) is 0 Å². The number of hydrogen-bond acceptors (Lipinski definition) is 6. The molecule has 0 amide bonds. The van der Waals surface area contributed by atoms with Crippen molar-refractivity contribution in [3.8, 4) is 0 Å². The normalized spacial score (nSPS) is 10.0. The van der Waals surface area contributed by atoms with Gasteiger partial charge in [-0.3, -0.25) is 5.01 Å². The Bertz CT molecular complexity index is 297. The van der Waals surface area contributed by atoms with Gasteiger partial charge in [-0.15, -0.1) is 5.10 Å². The van der Waals surface area contributed by atoms with Crippen LogP contribution in [0.4, 0.5) is 5.95 Å². The van der Waals surface area contributed by atoms with Crippen LogP contribution in [0.3, 0.4) is 0 Å². The first kappa shape index (κ1) is 10.2. The van der Waals surface area contributed by atoms with Gasteiger partial charge >= 0.3 is 0 Å². The second-order valence-electron chi connectivity index (χ2n) is 2.22. The van der Waals surface area contributed by atoms with E-state index in [0.717, 1.165) is 0 Å². The molecule has 0 aliphatic carbocycles.